The van der Waals surface area contributed by atoms with Crippen molar-refractivity contribution in [2.45, 2.75) is 37.8 Å². The summed E-state index contributed by atoms with van der Waals surface area (Å²) in [5.41, 5.74) is 3.01. The van der Waals surface area contributed by atoms with Crippen molar-refractivity contribution in [3.63, 3.8) is 0 Å². The molecule has 2 saturated heterocycles. The van der Waals surface area contributed by atoms with E-state index >= 15 is 0 Å². The molecule has 0 spiro atoms. The fraction of sp³-hybridized carbons (Fsp3) is 0.647. The first-order chi connectivity index (χ1) is 11.2. The van der Waals surface area contributed by atoms with Gasteiger partial charge in [0.25, 0.3) is 0 Å². The second-order valence-corrected chi connectivity index (χ2v) is 7.22. The average molecular weight is 388 g/mol. The topological polar surface area (TPSA) is 39.7 Å². The van der Waals surface area contributed by atoms with Crippen LogP contribution in [-0.2, 0) is 19.9 Å². The third kappa shape index (κ3) is 3.61. The van der Waals surface area contributed by atoms with E-state index in [1.165, 1.54) is 6.07 Å². The van der Waals surface area contributed by atoms with Crippen LogP contribution in [0.1, 0.15) is 31.7 Å². The molecule has 3 rings (SSSR count). The molecule has 0 unspecified atom stereocenters. The quantitative estimate of drug-likeness (QED) is 0.757. The summed E-state index contributed by atoms with van der Waals surface area (Å²) in [6.07, 6.45) is 3.03. The molecule has 0 radical (unpaired) electrons. The highest BCUT2D eigenvalue weighted by Gasteiger charge is 2.51. The summed E-state index contributed by atoms with van der Waals surface area (Å²) in [5, 5.41) is 0. The van der Waals surface area contributed by atoms with E-state index in [1.54, 1.807) is 6.07 Å². The average Bonchev–Trinajstić information content (AvgIpc) is 2.98. The Hall–Kier alpha value is -0.530. The number of unbranched alkanes of at least 4 members (excludes halogenated alkanes) is 1. The monoisotopic (exact) mass is 387 g/mol. The zero-order valence-electron chi connectivity index (χ0n) is 13.3. The molecule has 2 fully saturated rings. The fourth-order valence-corrected chi connectivity index (χ4v) is 3.68. The second-order valence-electron chi connectivity index (χ2n) is 6.30. The Morgan fingerprint density at radius 2 is 2.35 bits per heavy atom. The van der Waals surface area contributed by atoms with E-state index in [2.05, 4.69) is 28.3 Å². The lowest BCUT2D eigenvalue weighted by Gasteiger charge is -2.41. The molecule has 1 aromatic rings. The second kappa shape index (κ2) is 7.57. The lowest BCUT2D eigenvalue weighted by Crippen LogP contribution is -2.52. The zero-order chi connectivity index (χ0) is 16.3. The minimum atomic E-state index is -0.617. The summed E-state index contributed by atoms with van der Waals surface area (Å²) in [5.74, 6) is -0.0720. The van der Waals surface area contributed by atoms with Crippen LogP contribution >= 0.6 is 15.9 Å². The Balaban J connectivity index is 1.70. The first-order valence-corrected chi connectivity index (χ1v) is 8.99. The highest BCUT2D eigenvalue weighted by atomic mass is 79.9. The maximum absolute atomic E-state index is 14.4. The highest BCUT2D eigenvalue weighted by molar-refractivity contribution is 9.10. The van der Waals surface area contributed by atoms with Crippen LogP contribution < -0.4 is 5.48 Å². The van der Waals surface area contributed by atoms with Crippen LogP contribution in [-0.4, -0.2) is 32.5 Å². The van der Waals surface area contributed by atoms with Crippen molar-refractivity contribution in [2.75, 3.05) is 26.4 Å². The smallest absolute Gasteiger partial charge is 0.128 e. The van der Waals surface area contributed by atoms with Gasteiger partial charge < -0.3 is 14.3 Å². The molecule has 2 aliphatic heterocycles. The van der Waals surface area contributed by atoms with Gasteiger partial charge in [-0.1, -0.05) is 29.3 Å². The van der Waals surface area contributed by atoms with E-state index in [0.717, 1.165) is 30.3 Å². The number of hydrogen-bond donors (Lipinski definition) is 1. The summed E-state index contributed by atoms with van der Waals surface area (Å²) in [7, 11) is 0. The zero-order valence-corrected chi connectivity index (χ0v) is 14.9. The minimum absolute atomic E-state index is 0.0451. The van der Waals surface area contributed by atoms with Crippen LogP contribution in [0.3, 0.4) is 0 Å². The van der Waals surface area contributed by atoms with Crippen LogP contribution in [0, 0.1) is 11.7 Å². The Kier molecular flexibility index (Phi) is 5.69. The van der Waals surface area contributed by atoms with Gasteiger partial charge in [-0.3, -0.25) is 0 Å². The Morgan fingerprint density at radius 3 is 3.17 bits per heavy atom. The van der Waals surface area contributed by atoms with E-state index in [-0.39, 0.29) is 17.8 Å². The standard InChI is InChI=1S/C17H23BrFNO3/c1-2-3-6-21-10-14-7-12-9-23-20-17(12,11-22-14)15-8-13(18)4-5-16(15)19/h4-5,8,12,14,20H,2-3,6-7,9-11H2,1H3/t12-,14+,17-/m0/s1. The molecular weight excluding hydrogens is 365 g/mol. The van der Waals surface area contributed by atoms with Crippen molar-refractivity contribution < 1.29 is 18.7 Å². The predicted molar refractivity (Wildman–Crippen MR) is 88.4 cm³/mol. The molecule has 4 nitrogen and oxygen atoms in total. The Labute approximate surface area is 144 Å². The van der Waals surface area contributed by atoms with Crippen molar-refractivity contribution in [3.05, 3.63) is 34.1 Å². The molecular formula is C17H23BrFNO3. The van der Waals surface area contributed by atoms with Gasteiger partial charge in [-0.15, -0.1) is 0 Å². The van der Waals surface area contributed by atoms with Gasteiger partial charge in [0.1, 0.15) is 5.82 Å². The SMILES string of the molecule is CCCCOC[C@H]1C[C@H]2CON[C@@]2(c2cc(Br)ccc2F)CO1. The van der Waals surface area contributed by atoms with Crippen LogP contribution in [0.15, 0.2) is 22.7 Å². The first kappa shape index (κ1) is 17.3. The lowest BCUT2D eigenvalue weighted by atomic mass is 9.75. The lowest BCUT2D eigenvalue weighted by molar-refractivity contribution is -0.0975. The summed E-state index contributed by atoms with van der Waals surface area (Å²) < 4.78 is 26.9. The largest absolute Gasteiger partial charge is 0.379 e. The van der Waals surface area contributed by atoms with Crippen LogP contribution in [0.4, 0.5) is 4.39 Å². The normalized spacial score (nSPS) is 30.4. The number of fused-ring (bicyclic) bond motifs is 1. The van der Waals surface area contributed by atoms with Gasteiger partial charge >= 0.3 is 0 Å². The third-order valence-corrected chi connectivity index (χ3v) is 5.18. The molecule has 0 aromatic heterocycles. The molecule has 2 heterocycles. The number of rotatable bonds is 6. The molecule has 23 heavy (non-hydrogen) atoms. The van der Waals surface area contributed by atoms with E-state index in [9.17, 15) is 4.39 Å². The van der Waals surface area contributed by atoms with Crippen molar-refractivity contribution >= 4 is 15.9 Å². The molecule has 0 bridgehead atoms. The number of ether oxygens (including phenoxy) is 2. The van der Waals surface area contributed by atoms with Crippen molar-refractivity contribution in [1.29, 1.82) is 0 Å². The number of hydrogen-bond acceptors (Lipinski definition) is 4. The number of nitrogens with one attached hydrogen (secondary N) is 1. The van der Waals surface area contributed by atoms with Gasteiger partial charge in [-0.2, -0.15) is 5.48 Å². The van der Waals surface area contributed by atoms with E-state index in [0.29, 0.717) is 25.4 Å². The summed E-state index contributed by atoms with van der Waals surface area (Å²) in [6.45, 7) is 4.44. The van der Waals surface area contributed by atoms with Crippen LogP contribution in [0.2, 0.25) is 0 Å². The Morgan fingerprint density at radius 1 is 1.48 bits per heavy atom. The summed E-state index contributed by atoms with van der Waals surface area (Å²) >= 11 is 3.42. The van der Waals surface area contributed by atoms with E-state index in [1.807, 2.05) is 6.07 Å². The van der Waals surface area contributed by atoms with E-state index in [4.69, 9.17) is 14.3 Å². The van der Waals surface area contributed by atoms with Crippen molar-refractivity contribution in [3.8, 4) is 0 Å². The highest BCUT2D eigenvalue weighted by Crippen LogP contribution is 2.43. The maximum atomic E-state index is 14.4. The van der Waals surface area contributed by atoms with Crippen LogP contribution in [0.25, 0.3) is 0 Å². The van der Waals surface area contributed by atoms with Gasteiger partial charge in [0, 0.05) is 22.6 Å². The van der Waals surface area contributed by atoms with Crippen LogP contribution in [0.5, 0.6) is 0 Å². The Bertz CT molecular complexity index is 545. The van der Waals surface area contributed by atoms with Crippen molar-refractivity contribution in [1.82, 2.24) is 5.48 Å². The summed E-state index contributed by atoms with van der Waals surface area (Å²) in [4.78, 5) is 5.48. The predicted octanol–water partition coefficient (Wildman–Crippen LogP) is 3.54. The van der Waals surface area contributed by atoms with Crippen molar-refractivity contribution in [2.24, 2.45) is 5.92 Å². The number of halogens is 2. The summed E-state index contributed by atoms with van der Waals surface area (Å²) in [6, 6.07) is 4.99. The fourth-order valence-electron chi connectivity index (χ4n) is 3.32. The van der Waals surface area contributed by atoms with Gasteiger partial charge in [0.15, 0.2) is 0 Å². The molecule has 2 aliphatic rings. The number of benzene rings is 1. The molecule has 0 saturated carbocycles. The third-order valence-electron chi connectivity index (χ3n) is 4.68. The molecule has 6 heteroatoms. The number of hydroxylamine groups is 1. The first-order valence-electron chi connectivity index (χ1n) is 8.19. The molecule has 0 aliphatic carbocycles. The van der Waals surface area contributed by atoms with Gasteiger partial charge in [0.05, 0.1) is 31.5 Å². The van der Waals surface area contributed by atoms with Gasteiger partial charge in [-0.05, 0) is 31.0 Å². The van der Waals surface area contributed by atoms with E-state index < -0.39 is 5.54 Å². The van der Waals surface area contributed by atoms with Gasteiger partial charge in [-0.25, -0.2) is 4.39 Å². The molecule has 0 amide bonds. The molecule has 128 valence electrons. The minimum Gasteiger partial charge on any atom is -0.379 e. The molecule has 1 N–H and O–H groups in total. The molecule has 3 atom stereocenters. The maximum Gasteiger partial charge on any atom is 0.128 e. The molecule has 1 aromatic carbocycles. The van der Waals surface area contributed by atoms with Gasteiger partial charge in [0.2, 0.25) is 0 Å².